The highest BCUT2D eigenvalue weighted by Gasteiger charge is 2.27. The van der Waals surface area contributed by atoms with Crippen molar-refractivity contribution in [3.8, 4) is 0 Å². The van der Waals surface area contributed by atoms with Crippen LogP contribution in [0.2, 0.25) is 0 Å². The number of carbonyl (C=O) groups is 3. The lowest BCUT2D eigenvalue weighted by atomic mass is 10.0. The van der Waals surface area contributed by atoms with Gasteiger partial charge in [-0.05, 0) is 30.5 Å². The lowest BCUT2D eigenvalue weighted by Crippen LogP contribution is -2.54. The number of para-hydroxylation sites is 1. The highest BCUT2D eigenvalue weighted by molar-refractivity contribution is 5.89. The summed E-state index contributed by atoms with van der Waals surface area (Å²) in [5.74, 6) is -0.273. The van der Waals surface area contributed by atoms with Crippen LogP contribution in [-0.4, -0.2) is 48.0 Å². The van der Waals surface area contributed by atoms with Crippen LogP contribution in [0.25, 0.3) is 0 Å². The van der Waals surface area contributed by atoms with Gasteiger partial charge in [0.2, 0.25) is 5.91 Å². The number of nitrogens with zero attached hydrogens (tertiary/aromatic N) is 1. The zero-order valence-corrected chi connectivity index (χ0v) is 16.7. The molecule has 1 heterocycles. The molecule has 30 heavy (non-hydrogen) atoms. The van der Waals surface area contributed by atoms with Crippen molar-refractivity contribution in [2.45, 2.75) is 31.3 Å². The molecule has 1 unspecified atom stereocenters. The Kier molecular flexibility index (Phi) is 7.26. The summed E-state index contributed by atoms with van der Waals surface area (Å²) >= 11 is 0. The molecule has 158 valence electrons. The van der Waals surface area contributed by atoms with Crippen molar-refractivity contribution in [2.24, 2.45) is 5.73 Å². The van der Waals surface area contributed by atoms with E-state index in [1.54, 1.807) is 4.90 Å². The summed E-state index contributed by atoms with van der Waals surface area (Å²) in [6.45, 7) is 1.08. The van der Waals surface area contributed by atoms with Gasteiger partial charge in [0.25, 0.3) is 0 Å². The van der Waals surface area contributed by atoms with Crippen molar-refractivity contribution in [3.05, 3.63) is 66.2 Å². The number of hydrogen-bond acceptors (Lipinski definition) is 3. The topological polar surface area (TPSA) is 117 Å². The van der Waals surface area contributed by atoms with Crippen molar-refractivity contribution in [1.82, 2.24) is 15.5 Å². The molecule has 8 heteroatoms. The molecule has 0 radical (unpaired) electrons. The third-order valence-corrected chi connectivity index (χ3v) is 5.07. The fourth-order valence-corrected chi connectivity index (χ4v) is 3.48. The standard InChI is InChI=1S/C22H27N5O3/c23-21(29)26-19(15-16-7-3-1-4-8-16)20(28)24-18-11-13-27(14-12-18)22(30)25-17-9-5-2-6-10-17/h1-10,18-19H,11-15H2,(H,24,28)(H,25,30)(H3,23,26,29). The van der Waals surface area contributed by atoms with Crippen molar-refractivity contribution in [1.29, 1.82) is 0 Å². The molecule has 1 fully saturated rings. The van der Waals surface area contributed by atoms with Gasteiger partial charge in [0.15, 0.2) is 0 Å². The fraction of sp³-hybridized carbons (Fsp3) is 0.318. The minimum Gasteiger partial charge on any atom is -0.352 e. The molecule has 0 saturated carbocycles. The highest BCUT2D eigenvalue weighted by atomic mass is 16.2. The van der Waals surface area contributed by atoms with Gasteiger partial charge >= 0.3 is 12.1 Å². The molecule has 1 aliphatic heterocycles. The average Bonchev–Trinajstić information content (AvgIpc) is 2.75. The molecule has 0 spiro atoms. The molecule has 3 rings (SSSR count). The van der Waals surface area contributed by atoms with E-state index in [0.717, 1.165) is 11.3 Å². The first-order chi connectivity index (χ1) is 14.5. The molecular formula is C22H27N5O3. The zero-order chi connectivity index (χ0) is 21.3. The van der Waals surface area contributed by atoms with Crippen molar-refractivity contribution >= 4 is 23.7 Å². The maximum Gasteiger partial charge on any atom is 0.321 e. The van der Waals surface area contributed by atoms with E-state index in [9.17, 15) is 14.4 Å². The van der Waals surface area contributed by atoms with Crippen molar-refractivity contribution < 1.29 is 14.4 Å². The van der Waals surface area contributed by atoms with Gasteiger partial charge in [-0.3, -0.25) is 4.79 Å². The third kappa shape index (κ3) is 6.23. The number of primary amides is 1. The number of anilines is 1. The van der Waals surface area contributed by atoms with E-state index < -0.39 is 12.1 Å². The van der Waals surface area contributed by atoms with Gasteiger partial charge < -0.3 is 26.6 Å². The van der Waals surface area contributed by atoms with Gasteiger partial charge in [0.1, 0.15) is 6.04 Å². The number of nitrogens with two attached hydrogens (primary N) is 1. The molecule has 5 amide bonds. The smallest absolute Gasteiger partial charge is 0.321 e. The van der Waals surface area contributed by atoms with Gasteiger partial charge in [-0.2, -0.15) is 0 Å². The van der Waals surface area contributed by atoms with Gasteiger partial charge in [0, 0.05) is 31.2 Å². The summed E-state index contributed by atoms with van der Waals surface area (Å²) in [7, 11) is 0. The third-order valence-electron chi connectivity index (χ3n) is 5.07. The van der Waals surface area contributed by atoms with E-state index >= 15 is 0 Å². The van der Waals surface area contributed by atoms with E-state index in [0.29, 0.717) is 32.4 Å². The van der Waals surface area contributed by atoms with Crippen LogP contribution in [0.3, 0.4) is 0 Å². The minimum absolute atomic E-state index is 0.0637. The van der Waals surface area contributed by atoms with Crippen LogP contribution in [0, 0.1) is 0 Å². The molecule has 1 saturated heterocycles. The molecule has 1 aliphatic rings. The summed E-state index contributed by atoms with van der Waals surface area (Å²) in [6, 6.07) is 17.0. The number of urea groups is 2. The predicted molar refractivity (Wildman–Crippen MR) is 115 cm³/mol. The van der Waals surface area contributed by atoms with Crippen molar-refractivity contribution in [3.63, 3.8) is 0 Å². The number of benzene rings is 2. The van der Waals surface area contributed by atoms with E-state index in [2.05, 4.69) is 16.0 Å². The number of rotatable bonds is 6. The Bertz CT molecular complexity index is 852. The molecule has 0 aromatic heterocycles. The number of nitrogens with one attached hydrogen (secondary N) is 3. The Labute approximate surface area is 175 Å². The largest absolute Gasteiger partial charge is 0.352 e. The lowest BCUT2D eigenvalue weighted by Gasteiger charge is -2.33. The van der Waals surface area contributed by atoms with Gasteiger partial charge in [-0.1, -0.05) is 48.5 Å². The van der Waals surface area contributed by atoms with Gasteiger partial charge in [-0.15, -0.1) is 0 Å². The maximum absolute atomic E-state index is 12.7. The van der Waals surface area contributed by atoms with Crippen LogP contribution in [0.5, 0.6) is 0 Å². The Balaban J connectivity index is 1.50. The summed E-state index contributed by atoms with van der Waals surface area (Å²) in [5.41, 5.74) is 6.93. The minimum atomic E-state index is -0.746. The molecule has 5 N–H and O–H groups in total. The summed E-state index contributed by atoms with van der Waals surface area (Å²) in [6.07, 6.45) is 1.64. The number of amides is 5. The number of likely N-dealkylation sites (tertiary alicyclic amines) is 1. The molecule has 2 aromatic rings. The van der Waals surface area contributed by atoms with Gasteiger partial charge in [-0.25, -0.2) is 9.59 Å². The SMILES string of the molecule is NC(=O)NC(Cc1ccccc1)C(=O)NC1CCN(C(=O)Nc2ccccc2)CC1. The van der Waals surface area contributed by atoms with Crippen LogP contribution in [0.4, 0.5) is 15.3 Å². The Morgan fingerprint density at radius 1 is 0.967 bits per heavy atom. The number of piperidine rings is 1. The van der Waals surface area contributed by atoms with Crippen LogP contribution >= 0.6 is 0 Å². The molecule has 2 aromatic carbocycles. The number of hydrogen-bond donors (Lipinski definition) is 4. The van der Waals surface area contributed by atoms with E-state index in [-0.39, 0.29) is 18.0 Å². The highest BCUT2D eigenvalue weighted by Crippen LogP contribution is 2.14. The number of carbonyl (C=O) groups excluding carboxylic acids is 3. The van der Waals surface area contributed by atoms with E-state index in [4.69, 9.17) is 5.73 Å². The van der Waals surface area contributed by atoms with E-state index in [1.165, 1.54) is 0 Å². The van der Waals surface area contributed by atoms with Crippen LogP contribution in [-0.2, 0) is 11.2 Å². The molecule has 1 atom stereocenters. The quantitative estimate of drug-likeness (QED) is 0.585. The first kappa shape index (κ1) is 21.2. The first-order valence-electron chi connectivity index (χ1n) is 10.0. The summed E-state index contributed by atoms with van der Waals surface area (Å²) in [4.78, 5) is 38.2. The Morgan fingerprint density at radius 2 is 1.57 bits per heavy atom. The summed E-state index contributed by atoms with van der Waals surface area (Å²) < 4.78 is 0. The lowest BCUT2D eigenvalue weighted by molar-refractivity contribution is -0.123. The van der Waals surface area contributed by atoms with Crippen LogP contribution < -0.4 is 21.7 Å². The second-order valence-electron chi connectivity index (χ2n) is 7.32. The fourth-order valence-electron chi connectivity index (χ4n) is 3.48. The normalized spacial score (nSPS) is 15.1. The predicted octanol–water partition coefficient (Wildman–Crippen LogP) is 2.08. The second kappa shape index (κ2) is 10.3. The Hall–Kier alpha value is -3.55. The maximum atomic E-state index is 12.7. The molecular weight excluding hydrogens is 382 g/mol. The second-order valence-corrected chi connectivity index (χ2v) is 7.32. The van der Waals surface area contributed by atoms with Crippen molar-refractivity contribution in [2.75, 3.05) is 18.4 Å². The van der Waals surface area contributed by atoms with E-state index in [1.807, 2.05) is 60.7 Å². The molecule has 0 aliphatic carbocycles. The monoisotopic (exact) mass is 409 g/mol. The molecule has 8 nitrogen and oxygen atoms in total. The molecule has 0 bridgehead atoms. The average molecular weight is 409 g/mol. The summed E-state index contributed by atoms with van der Waals surface area (Å²) in [5, 5.41) is 8.38. The van der Waals surface area contributed by atoms with Crippen LogP contribution in [0.1, 0.15) is 18.4 Å². The first-order valence-corrected chi connectivity index (χ1v) is 10.0. The van der Waals surface area contributed by atoms with Crippen LogP contribution in [0.15, 0.2) is 60.7 Å². The van der Waals surface area contributed by atoms with Gasteiger partial charge in [0.05, 0.1) is 0 Å². The zero-order valence-electron chi connectivity index (χ0n) is 16.7. The Morgan fingerprint density at radius 3 is 2.17 bits per heavy atom.